The van der Waals surface area contributed by atoms with E-state index < -0.39 is 30.8 Å². The number of carboxylic acids is 1. The zero-order chi connectivity index (χ0) is 15.1. The number of Topliss-reactive ketones (excluding diaryl/α,β-unsaturated/α-hetero) is 1. The summed E-state index contributed by atoms with van der Waals surface area (Å²) < 4.78 is 24.3. The second kappa shape index (κ2) is 7.68. The molecule has 110 valence electrons. The zero-order valence-electron chi connectivity index (χ0n) is 10.3. The lowest BCUT2D eigenvalue weighted by Crippen LogP contribution is -2.42. The van der Waals surface area contributed by atoms with E-state index in [9.17, 15) is 23.2 Å². The van der Waals surface area contributed by atoms with Crippen LogP contribution in [0.4, 0.5) is 8.78 Å². The Labute approximate surface area is 117 Å². The normalized spacial score (nSPS) is 12.2. The molecule has 0 saturated heterocycles. The molecule has 0 aliphatic carbocycles. The fourth-order valence-electron chi connectivity index (χ4n) is 1.45. The SMILES string of the molecule is O=C(CCC(=O)c1cccs1)NC(CC(F)F)C(=O)O. The van der Waals surface area contributed by atoms with Crippen molar-refractivity contribution < 1.29 is 28.3 Å². The highest BCUT2D eigenvalue weighted by atomic mass is 32.1. The Balaban J connectivity index is 2.42. The number of ketones is 1. The summed E-state index contributed by atoms with van der Waals surface area (Å²) in [7, 11) is 0. The first-order valence-corrected chi connectivity index (χ1v) is 6.65. The van der Waals surface area contributed by atoms with Crippen molar-refractivity contribution in [3.8, 4) is 0 Å². The lowest BCUT2D eigenvalue weighted by molar-refractivity contribution is -0.143. The Kier molecular flexibility index (Phi) is 6.23. The molecule has 1 aromatic heterocycles. The van der Waals surface area contributed by atoms with Gasteiger partial charge in [-0.2, -0.15) is 0 Å². The first kappa shape index (κ1) is 16.2. The number of rotatable bonds is 8. The van der Waals surface area contributed by atoms with Gasteiger partial charge in [-0.15, -0.1) is 11.3 Å². The van der Waals surface area contributed by atoms with Gasteiger partial charge in [-0.05, 0) is 11.4 Å². The molecule has 0 aromatic carbocycles. The zero-order valence-corrected chi connectivity index (χ0v) is 11.2. The Morgan fingerprint density at radius 1 is 1.30 bits per heavy atom. The number of carbonyl (C=O) groups is 3. The van der Waals surface area contributed by atoms with Gasteiger partial charge in [0.15, 0.2) is 5.78 Å². The number of alkyl halides is 2. The molecule has 2 N–H and O–H groups in total. The maximum Gasteiger partial charge on any atom is 0.326 e. The van der Waals surface area contributed by atoms with Crippen molar-refractivity contribution in [3.63, 3.8) is 0 Å². The molecule has 1 amide bonds. The third kappa shape index (κ3) is 5.43. The first-order valence-electron chi connectivity index (χ1n) is 5.77. The van der Waals surface area contributed by atoms with Crippen molar-refractivity contribution in [1.82, 2.24) is 5.32 Å². The highest BCUT2D eigenvalue weighted by Gasteiger charge is 2.24. The molecule has 1 atom stereocenters. The summed E-state index contributed by atoms with van der Waals surface area (Å²) >= 11 is 1.24. The van der Waals surface area contributed by atoms with E-state index in [0.29, 0.717) is 4.88 Å². The molecule has 20 heavy (non-hydrogen) atoms. The van der Waals surface area contributed by atoms with Crippen molar-refractivity contribution in [2.75, 3.05) is 0 Å². The maximum atomic E-state index is 12.1. The van der Waals surface area contributed by atoms with Crippen molar-refractivity contribution in [1.29, 1.82) is 0 Å². The molecule has 1 aromatic rings. The van der Waals surface area contributed by atoms with Crippen LogP contribution in [0.5, 0.6) is 0 Å². The molecule has 0 radical (unpaired) electrons. The van der Waals surface area contributed by atoms with Crippen molar-refractivity contribution in [2.24, 2.45) is 0 Å². The highest BCUT2D eigenvalue weighted by Crippen LogP contribution is 2.12. The smallest absolute Gasteiger partial charge is 0.326 e. The Morgan fingerprint density at radius 2 is 2.00 bits per heavy atom. The van der Waals surface area contributed by atoms with Gasteiger partial charge in [0.05, 0.1) is 4.88 Å². The minimum absolute atomic E-state index is 0.0899. The van der Waals surface area contributed by atoms with Gasteiger partial charge >= 0.3 is 5.97 Å². The number of carbonyl (C=O) groups excluding carboxylic acids is 2. The number of hydrogen-bond acceptors (Lipinski definition) is 4. The van der Waals surface area contributed by atoms with Gasteiger partial charge in [-0.3, -0.25) is 9.59 Å². The predicted octanol–water partition coefficient (Wildman–Crippen LogP) is 1.94. The lowest BCUT2D eigenvalue weighted by atomic mass is 10.1. The van der Waals surface area contributed by atoms with Crippen LogP contribution in [0.1, 0.15) is 28.9 Å². The van der Waals surface area contributed by atoms with Gasteiger partial charge in [-0.25, -0.2) is 13.6 Å². The van der Waals surface area contributed by atoms with Crippen molar-refractivity contribution >= 4 is 29.0 Å². The number of aliphatic carboxylic acids is 1. The Hall–Kier alpha value is -1.83. The molecule has 8 heteroatoms. The highest BCUT2D eigenvalue weighted by molar-refractivity contribution is 7.12. The third-order valence-corrected chi connectivity index (χ3v) is 3.33. The molecule has 0 fully saturated rings. The molecule has 5 nitrogen and oxygen atoms in total. The van der Waals surface area contributed by atoms with Crippen LogP contribution in [0.15, 0.2) is 17.5 Å². The van der Waals surface area contributed by atoms with Crippen molar-refractivity contribution in [2.45, 2.75) is 31.7 Å². The van der Waals surface area contributed by atoms with Gasteiger partial charge in [0, 0.05) is 19.3 Å². The standard InChI is InChI=1S/C12H13F2NO4S/c13-10(14)6-7(12(18)19)15-11(17)4-3-8(16)9-2-1-5-20-9/h1-2,5,7,10H,3-4,6H2,(H,15,17)(H,18,19). The van der Waals surface area contributed by atoms with Crippen LogP contribution in [-0.2, 0) is 9.59 Å². The average Bonchev–Trinajstić information content (AvgIpc) is 2.88. The topological polar surface area (TPSA) is 83.5 Å². The average molecular weight is 305 g/mol. The summed E-state index contributed by atoms with van der Waals surface area (Å²) in [5, 5.41) is 12.4. The maximum absolute atomic E-state index is 12.1. The summed E-state index contributed by atoms with van der Waals surface area (Å²) in [6.45, 7) is 0. The second-order valence-electron chi connectivity index (χ2n) is 3.99. The molecule has 1 heterocycles. The van der Waals surface area contributed by atoms with Gasteiger partial charge in [0.25, 0.3) is 0 Å². The molecule has 0 aliphatic rings. The Morgan fingerprint density at radius 3 is 2.50 bits per heavy atom. The monoisotopic (exact) mass is 305 g/mol. The minimum atomic E-state index is -2.83. The van der Waals surface area contributed by atoms with E-state index in [1.165, 1.54) is 11.3 Å². The first-order chi connectivity index (χ1) is 9.40. The number of hydrogen-bond donors (Lipinski definition) is 2. The van der Waals surface area contributed by atoms with Crippen molar-refractivity contribution in [3.05, 3.63) is 22.4 Å². The molecule has 1 unspecified atom stereocenters. The number of nitrogens with one attached hydrogen (secondary N) is 1. The molecule has 0 aliphatic heterocycles. The minimum Gasteiger partial charge on any atom is -0.480 e. The van der Waals surface area contributed by atoms with E-state index in [0.717, 1.165) is 0 Å². The molecule has 0 spiro atoms. The quantitative estimate of drug-likeness (QED) is 0.719. The van der Waals surface area contributed by atoms with Crippen LogP contribution in [0.2, 0.25) is 0 Å². The lowest BCUT2D eigenvalue weighted by Gasteiger charge is -2.13. The molecular formula is C12H13F2NO4S. The Bertz CT molecular complexity index is 476. The van der Waals surface area contributed by atoms with Crippen LogP contribution in [-0.4, -0.2) is 35.2 Å². The summed E-state index contributed by atoms with van der Waals surface area (Å²) in [4.78, 5) is 34.2. The van der Waals surface area contributed by atoms with Crippen LogP contribution in [0.25, 0.3) is 0 Å². The van der Waals surface area contributed by atoms with Crippen LogP contribution >= 0.6 is 11.3 Å². The summed E-state index contributed by atoms with van der Waals surface area (Å²) in [5.41, 5.74) is 0. The van der Waals surface area contributed by atoms with E-state index in [4.69, 9.17) is 5.11 Å². The summed E-state index contributed by atoms with van der Waals surface area (Å²) in [6.07, 6.45) is -4.11. The van der Waals surface area contributed by atoms with Gasteiger partial charge < -0.3 is 10.4 Å². The van der Waals surface area contributed by atoms with E-state index in [2.05, 4.69) is 0 Å². The van der Waals surface area contributed by atoms with Gasteiger partial charge in [-0.1, -0.05) is 6.07 Å². The molecule has 1 rings (SSSR count). The summed E-state index contributed by atoms with van der Waals surface area (Å²) in [5.74, 6) is -2.50. The second-order valence-corrected chi connectivity index (χ2v) is 4.93. The van der Waals surface area contributed by atoms with Crippen LogP contribution in [0.3, 0.4) is 0 Å². The van der Waals surface area contributed by atoms with Gasteiger partial charge in [0.2, 0.25) is 12.3 Å². The molecule has 0 bridgehead atoms. The van der Waals surface area contributed by atoms with E-state index in [1.54, 1.807) is 17.5 Å². The fourth-order valence-corrected chi connectivity index (χ4v) is 2.15. The van der Waals surface area contributed by atoms with E-state index in [1.807, 2.05) is 5.32 Å². The number of carboxylic acid groups (broad SMARTS) is 1. The van der Waals surface area contributed by atoms with Gasteiger partial charge in [0.1, 0.15) is 6.04 Å². The number of amides is 1. The molecule has 0 saturated carbocycles. The number of thiophene rings is 1. The fraction of sp³-hybridized carbons (Fsp3) is 0.417. The molecular weight excluding hydrogens is 292 g/mol. The predicted molar refractivity (Wildman–Crippen MR) is 68.1 cm³/mol. The van der Waals surface area contributed by atoms with Crippen LogP contribution < -0.4 is 5.32 Å². The number of halogens is 2. The van der Waals surface area contributed by atoms with E-state index in [-0.39, 0.29) is 18.6 Å². The van der Waals surface area contributed by atoms with E-state index >= 15 is 0 Å². The summed E-state index contributed by atoms with van der Waals surface area (Å²) in [6, 6.07) is 1.67. The largest absolute Gasteiger partial charge is 0.480 e. The van der Waals surface area contributed by atoms with Crippen LogP contribution in [0, 0.1) is 0 Å². The third-order valence-electron chi connectivity index (χ3n) is 2.42.